The summed E-state index contributed by atoms with van der Waals surface area (Å²) in [6.07, 6.45) is 13.9. The highest BCUT2D eigenvalue weighted by Gasteiger charge is 2.39. The largest absolute Gasteiger partial charge is 0.348 e. The Labute approximate surface area is 253 Å². The molecule has 0 unspecified atom stereocenters. The van der Waals surface area contributed by atoms with Crippen LogP contribution in [0.1, 0.15) is 108 Å². The van der Waals surface area contributed by atoms with E-state index in [-0.39, 0.29) is 23.6 Å². The van der Waals surface area contributed by atoms with Gasteiger partial charge in [0.05, 0.1) is 24.6 Å². The molecule has 0 saturated carbocycles. The van der Waals surface area contributed by atoms with Gasteiger partial charge in [0.25, 0.3) is 0 Å². The van der Waals surface area contributed by atoms with Gasteiger partial charge >= 0.3 is 6.03 Å². The van der Waals surface area contributed by atoms with Gasteiger partial charge in [-0.15, -0.1) is 0 Å². The van der Waals surface area contributed by atoms with Gasteiger partial charge in [-0.25, -0.2) is 9.78 Å². The number of urea groups is 1. The minimum Gasteiger partial charge on any atom is -0.348 e. The van der Waals surface area contributed by atoms with Crippen molar-refractivity contribution in [2.75, 3.05) is 13.1 Å². The van der Waals surface area contributed by atoms with Gasteiger partial charge in [0.1, 0.15) is 6.04 Å². The second-order valence-electron chi connectivity index (χ2n) is 12.3. The maximum Gasteiger partial charge on any atom is 0.318 e. The summed E-state index contributed by atoms with van der Waals surface area (Å²) < 4.78 is 0. The van der Waals surface area contributed by atoms with E-state index >= 15 is 0 Å². The number of carbonyl (C=O) groups is 3. The maximum atomic E-state index is 13.8. The molecule has 1 fully saturated rings. The van der Waals surface area contributed by atoms with Crippen LogP contribution in [-0.4, -0.2) is 62.7 Å². The molecule has 2 heterocycles. The van der Waals surface area contributed by atoms with E-state index in [0.717, 1.165) is 36.2 Å². The number of amides is 3. The predicted octanol–water partition coefficient (Wildman–Crippen LogP) is 6.59. The first kappa shape index (κ1) is 33.3. The number of H-pyrrole nitrogens is 1. The van der Waals surface area contributed by atoms with E-state index in [1.54, 1.807) is 16.1 Å². The van der Waals surface area contributed by atoms with Crippen molar-refractivity contribution in [3.05, 3.63) is 53.6 Å². The molecule has 0 radical (unpaired) electrons. The van der Waals surface area contributed by atoms with Crippen LogP contribution >= 0.6 is 0 Å². The van der Waals surface area contributed by atoms with Crippen LogP contribution in [0.25, 0.3) is 0 Å². The molecule has 232 valence electrons. The van der Waals surface area contributed by atoms with Gasteiger partial charge in [0, 0.05) is 31.6 Å². The van der Waals surface area contributed by atoms with Crippen LogP contribution in [-0.2, 0) is 22.6 Å². The zero-order valence-corrected chi connectivity index (χ0v) is 26.4. The smallest absolute Gasteiger partial charge is 0.318 e. The standard InChI is InChI=1S/C34H53N5O3/c1-5-6-7-8-9-10-11-12-16-19-32(40)29(22-26(2)3)37-34(42)39-21-20-38(24-30-27(4)35-25-36-30)33(41)31(39)23-28-17-14-13-15-18-28/h13-15,17-18,25-26,29,31H,5-12,16,19-24H2,1-4H3,(H,35,36)(H,37,42)/t29-,31-/m0/s1. The first-order chi connectivity index (χ1) is 20.3. The average molecular weight is 580 g/mol. The Hall–Kier alpha value is -3.16. The molecule has 2 aromatic rings. The number of carbonyl (C=O) groups excluding carboxylic acids is 3. The molecule has 1 aliphatic rings. The van der Waals surface area contributed by atoms with Crippen LogP contribution in [0.4, 0.5) is 4.79 Å². The van der Waals surface area contributed by atoms with Gasteiger partial charge in [-0.3, -0.25) is 9.59 Å². The van der Waals surface area contributed by atoms with Crippen molar-refractivity contribution < 1.29 is 14.4 Å². The lowest BCUT2D eigenvalue weighted by Crippen LogP contribution is -2.62. The van der Waals surface area contributed by atoms with Crippen LogP contribution < -0.4 is 5.32 Å². The Morgan fingerprint density at radius 1 is 1.00 bits per heavy atom. The van der Waals surface area contributed by atoms with E-state index in [2.05, 4.69) is 36.1 Å². The molecule has 2 N–H and O–H groups in total. The summed E-state index contributed by atoms with van der Waals surface area (Å²) in [5.74, 6) is 0.265. The molecule has 42 heavy (non-hydrogen) atoms. The molecular formula is C34H53N5O3. The number of aromatic amines is 1. The van der Waals surface area contributed by atoms with Crippen LogP contribution in [0, 0.1) is 12.8 Å². The highest BCUT2D eigenvalue weighted by molar-refractivity contribution is 5.92. The van der Waals surface area contributed by atoms with Crippen molar-refractivity contribution in [1.82, 2.24) is 25.1 Å². The number of ketones is 1. The van der Waals surface area contributed by atoms with Crippen molar-refractivity contribution >= 4 is 17.7 Å². The predicted molar refractivity (Wildman–Crippen MR) is 168 cm³/mol. The molecule has 2 atom stereocenters. The van der Waals surface area contributed by atoms with E-state index in [1.807, 2.05) is 37.3 Å². The van der Waals surface area contributed by atoms with Gasteiger partial charge in [-0.2, -0.15) is 0 Å². The number of benzene rings is 1. The Kier molecular flexibility index (Phi) is 14.1. The quantitative estimate of drug-likeness (QED) is 0.195. The van der Waals surface area contributed by atoms with E-state index in [1.165, 1.54) is 38.5 Å². The summed E-state index contributed by atoms with van der Waals surface area (Å²) in [5.41, 5.74) is 2.76. The van der Waals surface area contributed by atoms with Crippen molar-refractivity contribution in [3.63, 3.8) is 0 Å². The molecule has 3 amide bonds. The zero-order chi connectivity index (χ0) is 30.3. The first-order valence-electron chi connectivity index (χ1n) is 16.2. The summed E-state index contributed by atoms with van der Waals surface area (Å²) >= 11 is 0. The monoisotopic (exact) mass is 579 g/mol. The molecule has 1 saturated heterocycles. The molecule has 3 rings (SSSR count). The molecule has 1 aromatic carbocycles. The second-order valence-corrected chi connectivity index (χ2v) is 12.3. The molecule has 0 bridgehead atoms. The lowest BCUT2D eigenvalue weighted by Gasteiger charge is -2.41. The normalized spacial score (nSPS) is 16.2. The SMILES string of the molecule is CCCCCCCCCCCC(=O)[C@H](CC(C)C)NC(=O)N1CCN(Cc2nc[nH]c2C)C(=O)[C@@H]1Cc1ccccc1. The van der Waals surface area contributed by atoms with E-state index in [0.29, 0.717) is 38.9 Å². The third kappa shape index (κ3) is 10.6. The molecular weight excluding hydrogens is 526 g/mol. The van der Waals surface area contributed by atoms with Gasteiger partial charge in [-0.05, 0) is 31.2 Å². The number of rotatable bonds is 18. The van der Waals surface area contributed by atoms with Crippen LogP contribution in [0.3, 0.4) is 0 Å². The number of nitrogens with zero attached hydrogens (tertiary/aromatic N) is 3. The maximum absolute atomic E-state index is 13.8. The van der Waals surface area contributed by atoms with Gasteiger partial charge < -0.3 is 20.1 Å². The second kappa shape index (κ2) is 17.7. The average Bonchev–Trinajstić information content (AvgIpc) is 3.38. The Morgan fingerprint density at radius 2 is 1.67 bits per heavy atom. The first-order valence-corrected chi connectivity index (χ1v) is 16.2. The Morgan fingerprint density at radius 3 is 2.29 bits per heavy atom. The minimum absolute atomic E-state index is 0.0934. The molecule has 1 aromatic heterocycles. The number of imidazole rings is 1. The summed E-state index contributed by atoms with van der Waals surface area (Å²) in [4.78, 5) is 51.7. The fourth-order valence-corrected chi connectivity index (χ4v) is 5.76. The minimum atomic E-state index is -0.646. The number of aromatic nitrogens is 2. The summed E-state index contributed by atoms with van der Waals surface area (Å²) in [7, 11) is 0. The highest BCUT2D eigenvalue weighted by atomic mass is 16.2. The van der Waals surface area contributed by atoms with Crippen LogP contribution in [0.15, 0.2) is 36.7 Å². The summed E-state index contributed by atoms with van der Waals surface area (Å²) in [6.45, 7) is 9.55. The van der Waals surface area contributed by atoms with E-state index in [9.17, 15) is 14.4 Å². The molecule has 8 nitrogen and oxygen atoms in total. The number of hydrogen-bond donors (Lipinski definition) is 2. The Balaban J connectivity index is 1.61. The molecule has 1 aliphatic heterocycles. The topological polar surface area (TPSA) is 98.4 Å². The number of Topliss-reactive ketones (excluding diaryl/α,β-unsaturated/α-hetero) is 1. The van der Waals surface area contributed by atoms with Crippen molar-refractivity contribution in [3.8, 4) is 0 Å². The third-order valence-corrected chi connectivity index (χ3v) is 8.31. The summed E-state index contributed by atoms with van der Waals surface area (Å²) in [5, 5.41) is 3.05. The van der Waals surface area contributed by atoms with Gasteiger partial charge in [0.15, 0.2) is 5.78 Å². The molecule has 0 spiro atoms. The number of hydrogen-bond acceptors (Lipinski definition) is 4. The van der Waals surface area contributed by atoms with Gasteiger partial charge in [-0.1, -0.05) is 102 Å². The van der Waals surface area contributed by atoms with Crippen molar-refractivity contribution in [1.29, 1.82) is 0 Å². The van der Waals surface area contributed by atoms with Gasteiger partial charge in [0.2, 0.25) is 5.91 Å². The number of nitrogens with one attached hydrogen (secondary N) is 2. The Bertz CT molecular complexity index is 1100. The zero-order valence-electron chi connectivity index (χ0n) is 26.4. The number of piperazine rings is 1. The third-order valence-electron chi connectivity index (χ3n) is 8.31. The number of aryl methyl sites for hydroxylation is 1. The van der Waals surface area contributed by atoms with Crippen LogP contribution in [0.5, 0.6) is 0 Å². The van der Waals surface area contributed by atoms with Crippen molar-refractivity contribution in [2.45, 2.75) is 123 Å². The fraction of sp³-hybridized carbons (Fsp3) is 0.647. The van der Waals surface area contributed by atoms with Crippen molar-refractivity contribution in [2.24, 2.45) is 5.92 Å². The summed E-state index contributed by atoms with van der Waals surface area (Å²) in [6, 6.07) is 8.29. The molecule has 0 aliphatic carbocycles. The highest BCUT2D eigenvalue weighted by Crippen LogP contribution is 2.20. The van der Waals surface area contributed by atoms with E-state index in [4.69, 9.17) is 0 Å². The van der Waals surface area contributed by atoms with Crippen LogP contribution in [0.2, 0.25) is 0 Å². The lowest BCUT2D eigenvalue weighted by molar-refractivity contribution is -0.140. The lowest BCUT2D eigenvalue weighted by atomic mass is 9.96. The molecule has 8 heteroatoms. The van der Waals surface area contributed by atoms with E-state index < -0.39 is 12.1 Å². The number of unbranched alkanes of at least 4 members (excludes halogenated alkanes) is 8. The fourth-order valence-electron chi connectivity index (χ4n) is 5.76.